The van der Waals surface area contributed by atoms with E-state index < -0.39 is 6.09 Å². The van der Waals surface area contributed by atoms with Crippen LogP contribution in [0.2, 0.25) is 0 Å². The third-order valence-corrected chi connectivity index (χ3v) is 5.05. The van der Waals surface area contributed by atoms with E-state index in [1.54, 1.807) is 7.11 Å². The molecular weight excluding hydrogens is 322 g/mol. The van der Waals surface area contributed by atoms with Crippen LogP contribution in [0, 0.1) is 0 Å². The average Bonchev–Trinajstić information content (AvgIpc) is 2.61. The van der Waals surface area contributed by atoms with E-state index in [0.29, 0.717) is 13.0 Å². The fourth-order valence-electron chi connectivity index (χ4n) is 3.61. The van der Waals surface area contributed by atoms with Gasteiger partial charge in [-0.25, -0.2) is 4.79 Å². The summed E-state index contributed by atoms with van der Waals surface area (Å²) in [6.07, 6.45) is 1.99. The highest BCUT2D eigenvalue weighted by Gasteiger charge is 2.26. The number of nitrogens with zero attached hydrogens (tertiary/aromatic N) is 2. The molecule has 0 radical (unpaired) electrons. The van der Waals surface area contributed by atoms with E-state index in [1.807, 2.05) is 23.1 Å². The molecule has 2 aliphatic rings. The van der Waals surface area contributed by atoms with Crippen molar-refractivity contribution in [3.8, 4) is 5.75 Å². The number of ether oxygens (including phenoxy) is 1. The molecular formula is C18H25N3O4. The van der Waals surface area contributed by atoms with Gasteiger partial charge in [0.2, 0.25) is 5.91 Å². The van der Waals surface area contributed by atoms with Crippen molar-refractivity contribution in [1.29, 1.82) is 0 Å². The largest absolute Gasteiger partial charge is 0.497 e. The van der Waals surface area contributed by atoms with Gasteiger partial charge in [0.1, 0.15) is 5.75 Å². The lowest BCUT2D eigenvalue weighted by atomic mass is 10.0. The number of benzene rings is 1. The Bertz CT molecular complexity index is 641. The number of nitrogens with one attached hydrogen (secondary N) is 1. The number of anilines is 1. The number of rotatable bonds is 5. The van der Waals surface area contributed by atoms with E-state index in [-0.39, 0.29) is 11.9 Å². The molecule has 1 aromatic carbocycles. The van der Waals surface area contributed by atoms with Crippen molar-refractivity contribution >= 4 is 17.7 Å². The molecule has 3 rings (SSSR count). The van der Waals surface area contributed by atoms with Crippen molar-refractivity contribution in [3.63, 3.8) is 0 Å². The Morgan fingerprint density at radius 3 is 2.72 bits per heavy atom. The second-order valence-electron chi connectivity index (χ2n) is 6.61. The van der Waals surface area contributed by atoms with Crippen molar-refractivity contribution in [2.75, 3.05) is 38.2 Å². The first-order valence-electron chi connectivity index (χ1n) is 8.76. The van der Waals surface area contributed by atoms with Gasteiger partial charge in [-0.15, -0.1) is 0 Å². The molecule has 2 heterocycles. The molecule has 7 heteroatoms. The number of methoxy groups -OCH3 is 1. The smallest absolute Gasteiger partial charge is 0.404 e. The summed E-state index contributed by atoms with van der Waals surface area (Å²) in [5.41, 5.74) is 2.14. The molecule has 2 aliphatic heterocycles. The van der Waals surface area contributed by atoms with Crippen LogP contribution in [0.25, 0.3) is 0 Å². The Balaban J connectivity index is 1.58. The average molecular weight is 347 g/mol. The highest BCUT2D eigenvalue weighted by atomic mass is 16.5. The van der Waals surface area contributed by atoms with Crippen LogP contribution in [0.5, 0.6) is 5.75 Å². The van der Waals surface area contributed by atoms with E-state index in [2.05, 4.69) is 10.2 Å². The van der Waals surface area contributed by atoms with Gasteiger partial charge in [-0.3, -0.25) is 4.79 Å². The van der Waals surface area contributed by atoms with Crippen LogP contribution in [0.4, 0.5) is 10.5 Å². The van der Waals surface area contributed by atoms with Gasteiger partial charge in [0.25, 0.3) is 0 Å². The van der Waals surface area contributed by atoms with Gasteiger partial charge in [-0.1, -0.05) is 6.07 Å². The maximum absolute atomic E-state index is 12.4. The van der Waals surface area contributed by atoms with Gasteiger partial charge in [0.15, 0.2) is 0 Å². The van der Waals surface area contributed by atoms with Crippen LogP contribution in [0.3, 0.4) is 0 Å². The highest BCUT2D eigenvalue weighted by Crippen LogP contribution is 2.31. The fraction of sp³-hybridized carbons (Fsp3) is 0.556. The van der Waals surface area contributed by atoms with E-state index in [1.165, 1.54) is 5.56 Å². The predicted octanol–water partition coefficient (Wildman–Crippen LogP) is 1.71. The van der Waals surface area contributed by atoms with E-state index in [4.69, 9.17) is 9.84 Å². The van der Waals surface area contributed by atoms with Gasteiger partial charge in [-0.2, -0.15) is 0 Å². The number of hydrogen-bond acceptors (Lipinski definition) is 4. The van der Waals surface area contributed by atoms with Crippen LogP contribution >= 0.6 is 0 Å². The number of piperidine rings is 1. The molecule has 136 valence electrons. The molecule has 25 heavy (non-hydrogen) atoms. The van der Waals surface area contributed by atoms with E-state index in [9.17, 15) is 9.59 Å². The number of hydrogen-bond donors (Lipinski definition) is 2. The Morgan fingerprint density at radius 2 is 2.04 bits per heavy atom. The summed E-state index contributed by atoms with van der Waals surface area (Å²) in [6.45, 7) is 3.13. The number of likely N-dealkylation sites (tertiary alicyclic amines) is 1. The fourth-order valence-corrected chi connectivity index (χ4v) is 3.61. The van der Waals surface area contributed by atoms with Crippen LogP contribution in [-0.4, -0.2) is 61.3 Å². The standard InChI is InChI=1S/C18H25N3O4/c1-25-15-4-2-13-3-5-17(22)21(16(13)12-15)11-10-20-8-6-14(7-9-20)19-18(23)24/h2,4,12,14,19H,3,5-11H2,1H3,(H,23,24). The predicted molar refractivity (Wildman–Crippen MR) is 94.3 cm³/mol. The van der Waals surface area contributed by atoms with Crippen molar-refractivity contribution in [1.82, 2.24) is 10.2 Å². The molecule has 0 atom stereocenters. The first-order valence-corrected chi connectivity index (χ1v) is 8.76. The topological polar surface area (TPSA) is 82.1 Å². The summed E-state index contributed by atoms with van der Waals surface area (Å²) in [5, 5.41) is 11.3. The molecule has 0 aromatic heterocycles. The first-order chi connectivity index (χ1) is 12.1. The zero-order valence-electron chi connectivity index (χ0n) is 14.5. The van der Waals surface area contributed by atoms with Gasteiger partial charge >= 0.3 is 6.09 Å². The zero-order chi connectivity index (χ0) is 17.8. The molecule has 7 nitrogen and oxygen atoms in total. The van der Waals surface area contributed by atoms with Crippen LogP contribution < -0.4 is 15.0 Å². The molecule has 2 amide bonds. The number of aryl methyl sites for hydroxylation is 1. The van der Waals surface area contributed by atoms with Crippen molar-refractivity contribution in [2.24, 2.45) is 0 Å². The molecule has 0 spiro atoms. The Labute approximate surface area is 147 Å². The normalized spacial score (nSPS) is 18.8. The monoisotopic (exact) mass is 347 g/mol. The van der Waals surface area contributed by atoms with Gasteiger partial charge in [-0.05, 0) is 30.9 Å². The molecule has 0 bridgehead atoms. The minimum atomic E-state index is -0.956. The maximum Gasteiger partial charge on any atom is 0.404 e. The third-order valence-electron chi connectivity index (χ3n) is 5.05. The SMILES string of the molecule is COc1ccc2c(c1)N(CCN1CCC(NC(=O)O)CC1)C(=O)CC2. The summed E-state index contributed by atoms with van der Waals surface area (Å²) < 4.78 is 5.30. The first kappa shape index (κ1) is 17.5. The minimum Gasteiger partial charge on any atom is -0.497 e. The number of carbonyl (C=O) groups excluding carboxylic acids is 1. The summed E-state index contributed by atoms with van der Waals surface area (Å²) in [5.74, 6) is 0.919. The Morgan fingerprint density at radius 1 is 1.28 bits per heavy atom. The van der Waals surface area contributed by atoms with Crippen LogP contribution in [0.1, 0.15) is 24.8 Å². The molecule has 1 saturated heterocycles. The van der Waals surface area contributed by atoms with Gasteiger partial charge in [0, 0.05) is 44.7 Å². The Kier molecular flexibility index (Phi) is 5.43. The summed E-state index contributed by atoms with van der Waals surface area (Å²) in [6, 6.07) is 5.95. The minimum absolute atomic E-state index is 0.0374. The molecule has 0 unspecified atom stereocenters. The molecule has 0 aliphatic carbocycles. The second-order valence-corrected chi connectivity index (χ2v) is 6.61. The number of amides is 2. The van der Waals surface area contributed by atoms with Crippen LogP contribution in [-0.2, 0) is 11.2 Å². The molecule has 2 N–H and O–H groups in total. The maximum atomic E-state index is 12.4. The number of carbonyl (C=O) groups is 2. The highest BCUT2D eigenvalue weighted by molar-refractivity contribution is 5.96. The Hall–Kier alpha value is -2.28. The quantitative estimate of drug-likeness (QED) is 0.847. The lowest BCUT2D eigenvalue weighted by Crippen LogP contribution is -2.47. The lowest BCUT2D eigenvalue weighted by Gasteiger charge is -2.35. The van der Waals surface area contributed by atoms with Crippen LogP contribution in [0.15, 0.2) is 18.2 Å². The molecule has 1 fully saturated rings. The van der Waals surface area contributed by atoms with Crippen molar-refractivity contribution < 1.29 is 19.4 Å². The second kappa shape index (κ2) is 7.74. The molecule has 1 aromatic rings. The van der Waals surface area contributed by atoms with Gasteiger partial charge in [0.05, 0.1) is 12.8 Å². The van der Waals surface area contributed by atoms with Crippen molar-refractivity contribution in [2.45, 2.75) is 31.7 Å². The van der Waals surface area contributed by atoms with E-state index in [0.717, 1.165) is 50.3 Å². The third kappa shape index (κ3) is 4.22. The number of fused-ring (bicyclic) bond motifs is 1. The summed E-state index contributed by atoms with van der Waals surface area (Å²) in [7, 11) is 1.63. The molecule has 0 saturated carbocycles. The number of carboxylic acid groups (broad SMARTS) is 1. The summed E-state index contributed by atoms with van der Waals surface area (Å²) >= 11 is 0. The van der Waals surface area contributed by atoms with Crippen molar-refractivity contribution in [3.05, 3.63) is 23.8 Å². The van der Waals surface area contributed by atoms with Gasteiger partial charge < -0.3 is 25.0 Å². The lowest BCUT2D eigenvalue weighted by molar-refractivity contribution is -0.119. The summed E-state index contributed by atoms with van der Waals surface area (Å²) in [4.78, 5) is 27.3. The van der Waals surface area contributed by atoms with E-state index >= 15 is 0 Å². The zero-order valence-corrected chi connectivity index (χ0v) is 14.5.